The molecule has 116 valence electrons. The molecule has 0 saturated carbocycles. The summed E-state index contributed by atoms with van der Waals surface area (Å²) < 4.78 is 5.19. The number of amides is 3. The minimum atomic E-state index is -0.486. The quantitative estimate of drug-likeness (QED) is 0.450. The number of ketones is 1. The van der Waals surface area contributed by atoms with Crippen molar-refractivity contribution in [1.29, 1.82) is 0 Å². The van der Waals surface area contributed by atoms with Crippen molar-refractivity contribution in [3.05, 3.63) is 12.2 Å². The molecular weight excluding hydrogens is 276 g/mol. The number of Topliss-reactive ketones (excluding diaryl/α,β-unsaturated/α-hetero) is 1. The first kappa shape index (κ1) is 17.0. The summed E-state index contributed by atoms with van der Waals surface area (Å²) >= 11 is 0. The summed E-state index contributed by atoms with van der Waals surface area (Å²) in [6.45, 7) is 3.83. The van der Waals surface area contributed by atoms with Crippen molar-refractivity contribution in [2.75, 3.05) is 33.4 Å². The smallest absolute Gasteiger partial charge is 0.254 e. The molecule has 0 aromatic carbocycles. The Morgan fingerprint density at radius 3 is 2.33 bits per heavy atom. The van der Waals surface area contributed by atoms with Gasteiger partial charge in [0.05, 0.1) is 6.61 Å². The first-order valence-electron chi connectivity index (χ1n) is 6.71. The highest BCUT2D eigenvalue weighted by atomic mass is 16.5. The molecule has 0 fully saturated rings. The van der Waals surface area contributed by atoms with Gasteiger partial charge < -0.3 is 9.64 Å². The van der Waals surface area contributed by atoms with Gasteiger partial charge in [-0.1, -0.05) is 13.8 Å². The second kappa shape index (κ2) is 7.68. The van der Waals surface area contributed by atoms with Gasteiger partial charge >= 0.3 is 0 Å². The van der Waals surface area contributed by atoms with Gasteiger partial charge in [-0.05, 0) is 0 Å². The molecule has 0 radical (unpaired) electrons. The van der Waals surface area contributed by atoms with E-state index >= 15 is 0 Å². The second-order valence-corrected chi connectivity index (χ2v) is 5.08. The van der Waals surface area contributed by atoms with E-state index in [1.165, 1.54) is 4.90 Å². The zero-order chi connectivity index (χ0) is 16.0. The van der Waals surface area contributed by atoms with Crippen molar-refractivity contribution in [1.82, 2.24) is 9.80 Å². The average molecular weight is 296 g/mol. The molecule has 21 heavy (non-hydrogen) atoms. The highest BCUT2D eigenvalue weighted by Crippen LogP contribution is 2.03. The van der Waals surface area contributed by atoms with Crippen LogP contribution in [-0.2, 0) is 23.9 Å². The van der Waals surface area contributed by atoms with E-state index in [1.54, 1.807) is 20.9 Å². The lowest BCUT2D eigenvalue weighted by Gasteiger charge is -2.20. The Balaban J connectivity index is 2.27. The van der Waals surface area contributed by atoms with E-state index < -0.39 is 11.8 Å². The third kappa shape index (κ3) is 5.11. The van der Waals surface area contributed by atoms with Gasteiger partial charge in [-0.2, -0.15) is 0 Å². The highest BCUT2D eigenvalue weighted by Gasteiger charge is 2.26. The summed E-state index contributed by atoms with van der Waals surface area (Å²) in [6.07, 6.45) is 2.27. The first-order valence-corrected chi connectivity index (χ1v) is 6.71. The number of carbonyl (C=O) groups is 4. The Bertz CT molecular complexity index is 452. The van der Waals surface area contributed by atoms with Crippen LogP contribution in [-0.4, -0.2) is 66.7 Å². The SMILES string of the molecule is CC(C)C(=O)COCCN(C)C(=O)CN1C(=O)C=CC1=O. The first-order chi connectivity index (χ1) is 9.82. The zero-order valence-electron chi connectivity index (χ0n) is 12.5. The predicted molar refractivity (Wildman–Crippen MR) is 74.2 cm³/mol. The number of likely N-dealkylation sites (N-methyl/N-ethyl adjacent to an activating group) is 1. The molecule has 0 saturated heterocycles. The lowest BCUT2D eigenvalue weighted by atomic mass is 10.1. The molecule has 0 atom stereocenters. The van der Waals surface area contributed by atoms with Crippen LogP contribution in [0.25, 0.3) is 0 Å². The summed E-state index contributed by atoms with van der Waals surface area (Å²) in [6, 6.07) is 0. The molecule has 0 spiro atoms. The van der Waals surface area contributed by atoms with Crippen LogP contribution in [0.15, 0.2) is 12.2 Å². The van der Waals surface area contributed by atoms with Crippen molar-refractivity contribution in [2.24, 2.45) is 5.92 Å². The number of imide groups is 1. The van der Waals surface area contributed by atoms with Crippen LogP contribution in [0.4, 0.5) is 0 Å². The van der Waals surface area contributed by atoms with Crippen LogP contribution in [0, 0.1) is 5.92 Å². The Morgan fingerprint density at radius 1 is 1.24 bits per heavy atom. The molecule has 0 N–H and O–H groups in total. The van der Waals surface area contributed by atoms with E-state index in [0.717, 1.165) is 17.1 Å². The van der Waals surface area contributed by atoms with Gasteiger partial charge in [0.2, 0.25) is 5.91 Å². The molecule has 0 aromatic rings. The summed E-state index contributed by atoms with van der Waals surface area (Å²) in [7, 11) is 1.55. The minimum absolute atomic E-state index is 0.00307. The average Bonchev–Trinajstić information content (AvgIpc) is 2.74. The predicted octanol–water partition coefficient (Wildman–Crippen LogP) is -0.388. The van der Waals surface area contributed by atoms with Gasteiger partial charge in [0, 0.05) is 31.7 Å². The van der Waals surface area contributed by atoms with Crippen molar-refractivity contribution >= 4 is 23.5 Å². The molecule has 3 amide bonds. The summed E-state index contributed by atoms with van der Waals surface area (Å²) in [5, 5.41) is 0. The number of rotatable bonds is 8. The largest absolute Gasteiger partial charge is 0.372 e. The summed E-state index contributed by atoms with van der Waals surface area (Å²) in [5.41, 5.74) is 0. The third-order valence-electron chi connectivity index (χ3n) is 3.08. The van der Waals surface area contributed by atoms with Gasteiger partial charge in [-0.25, -0.2) is 0 Å². The van der Waals surface area contributed by atoms with E-state index in [4.69, 9.17) is 4.74 Å². The Labute approximate surface area is 123 Å². The van der Waals surface area contributed by atoms with Crippen LogP contribution < -0.4 is 0 Å². The molecule has 1 rings (SSSR count). The third-order valence-corrected chi connectivity index (χ3v) is 3.08. The number of hydrogen-bond acceptors (Lipinski definition) is 5. The van der Waals surface area contributed by atoms with Crippen molar-refractivity contribution < 1.29 is 23.9 Å². The maximum absolute atomic E-state index is 11.9. The molecule has 7 heteroatoms. The lowest BCUT2D eigenvalue weighted by Crippen LogP contribution is -2.42. The number of ether oxygens (including phenoxy) is 1. The van der Waals surface area contributed by atoms with Crippen molar-refractivity contribution in [3.63, 3.8) is 0 Å². The van der Waals surface area contributed by atoms with Crippen LogP contribution in [0.5, 0.6) is 0 Å². The molecule has 1 heterocycles. The van der Waals surface area contributed by atoms with Gasteiger partial charge in [-0.15, -0.1) is 0 Å². The van der Waals surface area contributed by atoms with E-state index in [2.05, 4.69) is 0 Å². The Hall–Kier alpha value is -2.02. The summed E-state index contributed by atoms with van der Waals surface area (Å²) in [5.74, 6) is -1.41. The maximum Gasteiger partial charge on any atom is 0.254 e. The molecule has 1 aliphatic rings. The Morgan fingerprint density at radius 2 is 1.81 bits per heavy atom. The van der Waals surface area contributed by atoms with Crippen LogP contribution in [0.1, 0.15) is 13.8 Å². The zero-order valence-corrected chi connectivity index (χ0v) is 12.5. The molecule has 0 aliphatic carbocycles. The topological polar surface area (TPSA) is 84.0 Å². The molecule has 0 aromatic heterocycles. The van der Waals surface area contributed by atoms with E-state index in [9.17, 15) is 19.2 Å². The molecule has 1 aliphatic heterocycles. The van der Waals surface area contributed by atoms with E-state index in [1.807, 2.05) is 0 Å². The fraction of sp³-hybridized carbons (Fsp3) is 0.571. The molecule has 0 bridgehead atoms. The minimum Gasteiger partial charge on any atom is -0.372 e. The number of carbonyl (C=O) groups excluding carboxylic acids is 4. The fourth-order valence-electron chi connectivity index (χ4n) is 1.51. The van der Waals surface area contributed by atoms with E-state index in [0.29, 0.717) is 0 Å². The van der Waals surface area contributed by atoms with Crippen LogP contribution >= 0.6 is 0 Å². The van der Waals surface area contributed by atoms with Gasteiger partial charge in [0.1, 0.15) is 13.2 Å². The van der Waals surface area contributed by atoms with Gasteiger partial charge in [-0.3, -0.25) is 24.1 Å². The molecular formula is C14H20N2O5. The summed E-state index contributed by atoms with van der Waals surface area (Å²) in [4.78, 5) is 48.1. The standard InChI is InChI=1S/C14H20N2O5/c1-10(2)11(17)9-21-7-6-15(3)14(20)8-16-12(18)4-5-13(16)19/h4-5,10H,6-9H2,1-3H3. The normalized spacial score (nSPS) is 14.2. The lowest BCUT2D eigenvalue weighted by molar-refractivity contribution is -0.144. The maximum atomic E-state index is 11.9. The Kier molecular flexibility index (Phi) is 6.23. The van der Waals surface area contributed by atoms with Crippen LogP contribution in [0.3, 0.4) is 0 Å². The van der Waals surface area contributed by atoms with Crippen LogP contribution in [0.2, 0.25) is 0 Å². The fourth-order valence-corrected chi connectivity index (χ4v) is 1.51. The van der Waals surface area contributed by atoms with E-state index in [-0.39, 0.29) is 43.9 Å². The molecule has 7 nitrogen and oxygen atoms in total. The van der Waals surface area contributed by atoms with Gasteiger partial charge in [0.25, 0.3) is 11.8 Å². The van der Waals surface area contributed by atoms with Crippen molar-refractivity contribution in [2.45, 2.75) is 13.8 Å². The van der Waals surface area contributed by atoms with Gasteiger partial charge in [0.15, 0.2) is 5.78 Å². The van der Waals surface area contributed by atoms with Crippen molar-refractivity contribution in [3.8, 4) is 0 Å². The monoisotopic (exact) mass is 296 g/mol. The molecule has 0 unspecified atom stereocenters. The number of nitrogens with zero attached hydrogens (tertiary/aromatic N) is 2. The number of hydrogen-bond donors (Lipinski definition) is 0. The second-order valence-electron chi connectivity index (χ2n) is 5.08. The highest BCUT2D eigenvalue weighted by molar-refractivity contribution is 6.14.